The fraction of sp³-hybridized carbons (Fsp3) is 0.391. The average Bonchev–Trinajstić information content (AvgIpc) is 3.35. The molecule has 1 fully saturated rings. The van der Waals surface area contributed by atoms with Crippen molar-refractivity contribution in [3.8, 4) is 0 Å². The summed E-state index contributed by atoms with van der Waals surface area (Å²) in [5.41, 5.74) is 2.35. The van der Waals surface area contributed by atoms with Gasteiger partial charge in [-0.15, -0.1) is 34.4 Å². The van der Waals surface area contributed by atoms with E-state index in [1.165, 1.54) is 20.1 Å². The second-order valence-corrected chi connectivity index (χ2v) is 11.3. The zero-order valence-corrected chi connectivity index (χ0v) is 20.1. The summed E-state index contributed by atoms with van der Waals surface area (Å²) in [5, 5.41) is 3.37. The monoisotopic (exact) mass is 468 g/mol. The summed E-state index contributed by atoms with van der Waals surface area (Å²) in [6, 6.07) is 8.32. The van der Waals surface area contributed by atoms with Crippen molar-refractivity contribution in [3.63, 3.8) is 0 Å². The van der Waals surface area contributed by atoms with Crippen molar-refractivity contribution in [1.82, 2.24) is 19.9 Å². The van der Waals surface area contributed by atoms with Crippen LogP contribution in [0.1, 0.15) is 40.6 Å². The van der Waals surface area contributed by atoms with E-state index in [0.29, 0.717) is 12.3 Å². The van der Waals surface area contributed by atoms with E-state index in [1.54, 1.807) is 40.8 Å². The number of aromatic nitrogens is 3. The zero-order valence-electron chi connectivity index (χ0n) is 17.6. The Morgan fingerprint density at radius 1 is 1.16 bits per heavy atom. The molecule has 8 heteroatoms. The Kier molecular flexibility index (Phi) is 5.95. The standard InChI is InChI=1S/C23H24N4OS3/c1-14-15(2)30-23-20(14)22(24-13-25-23)29-12-9-19(28)27-10-7-16(8-11-27)21-26-17-5-3-4-6-18(17)31-21/h3-6,13,16H,7-12H2,1-2H3. The van der Waals surface area contributed by atoms with Crippen LogP contribution in [0.25, 0.3) is 20.4 Å². The van der Waals surface area contributed by atoms with Gasteiger partial charge in [-0.1, -0.05) is 12.1 Å². The van der Waals surface area contributed by atoms with Gasteiger partial charge in [0.05, 0.1) is 15.2 Å². The number of carbonyl (C=O) groups is 1. The number of likely N-dealkylation sites (tertiary alicyclic amines) is 1. The lowest BCUT2D eigenvalue weighted by atomic mass is 9.97. The summed E-state index contributed by atoms with van der Waals surface area (Å²) >= 11 is 5.18. The highest BCUT2D eigenvalue weighted by atomic mass is 32.2. The Bertz CT molecular complexity index is 1210. The van der Waals surface area contributed by atoms with Crippen molar-refractivity contribution in [2.24, 2.45) is 0 Å². The first-order chi connectivity index (χ1) is 15.1. The van der Waals surface area contributed by atoms with Crippen LogP contribution in [0.4, 0.5) is 0 Å². The van der Waals surface area contributed by atoms with Crippen LogP contribution < -0.4 is 0 Å². The number of benzene rings is 1. The number of piperidine rings is 1. The maximum absolute atomic E-state index is 12.8. The van der Waals surface area contributed by atoms with Crippen LogP contribution in [0.2, 0.25) is 0 Å². The average molecular weight is 469 g/mol. The van der Waals surface area contributed by atoms with Crippen molar-refractivity contribution in [2.75, 3.05) is 18.8 Å². The number of carbonyl (C=O) groups excluding carboxylic acids is 1. The van der Waals surface area contributed by atoms with Gasteiger partial charge >= 0.3 is 0 Å². The molecule has 5 rings (SSSR count). The van der Waals surface area contributed by atoms with Crippen LogP contribution in [-0.2, 0) is 4.79 Å². The minimum atomic E-state index is 0.249. The Morgan fingerprint density at radius 3 is 2.77 bits per heavy atom. The number of fused-ring (bicyclic) bond motifs is 2. The van der Waals surface area contributed by atoms with E-state index in [4.69, 9.17) is 4.98 Å². The van der Waals surface area contributed by atoms with E-state index in [-0.39, 0.29) is 5.91 Å². The summed E-state index contributed by atoms with van der Waals surface area (Å²) in [6.45, 7) is 5.90. The molecule has 0 aliphatic carbocycles. The minimum absolute atomic E-state index is 0.249. The minimum Gasteiger partial charge on any atom is -0.343 e. The molecule has 1 saturated heterocycles. The van der Waals surface area contributed by atoms with E-state index >= 15 is 0 Å². The van der Waals surface area contributed by atoms with Gasteiger partial charge in [0.15, 0.2) is 0 Å². The molecule has 1 aliphatic heterocycles. The van der Waals surface area contributed by atoms with Crippen LogP contribution in [0.3, 0.4) is 0 Å². The number of aryl methyl sites for hydroxylation is 2. The first-order valence-electron chi connectivity index (χ1n) is 10.6. The summed E-state index contributed by atoms with van der Waals surface area (Å²) < 4.78 is 1.25. The molecule has 0 unspecified atom stereocenters. The lowest BCUT2D eigenvalue weighted by molar-refractivity contribution is -0.131. The Hall–Kier alpha value is -2.03. The Labute approximate surface area is 193 Å². The van der Waals surface area contributed by atoms with E-state index in [0.717, 1.165) is 52.4 Å². The highest BCUT2D eigenvalue weighted by molar-refractivity contribution is 7.99. The number of rotatable bonds is 5. The summed E-state index contributed by atoms with van der Waals surface area (Å²) in [6.07, 6.45) is 4.18. The van der Waals surface area contributed by atoms with E-state index in [1.807, 2.05) is 11.0 Å². The quantitative estimate of drug-likeness (QED) is 0.273. The number of thioether (sulfide) groups is 1. The van der Waals surface area contributed by atoms with Gasteiger partial charge in [-0.05, 0) is 44.4 Å². The molecule has 0 saturated carbocycles. The molecule has 1 aliphatic rings. The normalized spacial score (nSPS) is 15.2. The molecule has 0 bridgehead atoms. The van der Waals surface area contributed by atoms with Crippen molar-refractivity contribution in [3.05, 3.63) is 46.0 Å². The van der Waals surface area contributed by atoms with Crippen LogP contribution in [0.5, 0.6) is 0 Å². The summed E-state index contributed by atoms with van der Waals surface area (Å²) in [4.78, 5) is 30.8. The molecule has 0 atom stereocenters. The first kappa shape index (κ1) is 20.8. The summed E-state index contributed by atoms with van der Waals surface area (Å²) in [7, 11) is 0. The molecule has 4 aromatic rings. The number of thiazole rings is 1. The molecule has 3 aromatic heterocycles. The number of nitrogens with zero attached hydrogens (tertiary/aromatic N) is 4. The second-order valence-electron chi connectivity index (χ2n) is 7.92. The van der Waals surface area contributed by atoms with E-state index in [9.17, 15) is 4.79 Å². The lowest BCUT2D eigenvalue weighted by Gasteiger charge is -2.31. The van der Waals surface area contributed by atoms with Crippen molar-refractivity contribution < 1.29 is 4.79 Å². The van der Waals surface area contributed by atoms with Crippen LogP contribution in [0, 0.1) is 13.8 Å². The van der Waals surface area contributed by atoms with Gasteiger partial charge in [-0.2, -0.15) is 0 Å². The molecule has 1 aromatic carbocycles. The van der Waals surface area contributed by atoms with E-state index < -0.39 is 0 Å². The van der Waals surface area contributed by atoms with Gasteiger partial charge in [0.1, 0.15) is 16.2 Å². The largest absolute Gasteiger partial charge is 0.343 e. The highest BCUT2D eigenvalue weighted by Gasteiger charge is 2.26. The van der Waals surface area contributed by atoms with Crippen molar-refractivity contribution in [1.29, 1.82) is 0 Å². The molecule has 1 amide bonds. The highest BCUT2D eigenvalue weighted by Crippen LogP contribution is 2.36. The maximum atomic E-state index is 12.8. The molecule has 0 spiro atoms. The molecule has 5 nitrogen and oxygen atoms in total. The fourth-order valence-corrected chi connectivity index (χ4v) is 7.28. The maximum Gasteiger partial charge on any atom is 0.223 e. The molecular formula is C23H24N4OS3. The van der Waals surface area contributed by atoms with Gasteiger partial charge in [0.25, 0.3) is 0 Å². The molecule has 0 N–H and O–H groups in total. The summed E-state index contributed by atoms with van der Waals surface area (Å²) in [5.74, 6) is 1.46. The van der Waals surface area contributed by atoms with Gasteiger partial charge in [0, 0.05) is 41.4 Å². The lowest BCUT2D eigenvalue weighted by Crippen LogP contribution is -2.38. The molecule has 0 radical (unpaired) electrons. The Morgan fingerprint density at radius 2 is 1.97 bits per heavy atom. The van der Waals surface area contributed by atoms with Crippen LogP contribution in [-0.4, -0.2) is 44.6 Å². The van der Waals surface area contributed by atoms with Gasteiger partial charge in [-0.25, -0.2) is 15.0 Å². The SMILES string of the molecule is Cc1sc2ncnc(SCCC(=O)N3CCC(c4nc5ccccc5s4)CC3)c2c1C. The Balaban J connectivity index is 1.15. The van der Waals surface area contributed by atoms with Crippen LogP contribution in [0.15, 0.2) is 35.6 Å². The predicted octanol–water partition coefficient (Wildman–Crippen LogP) is 5.81. The second kappa shape index (κ2) is 8.84. The number of para-hydroxylation sites is 1. The van der Waals surface area contributed by atoms with Gasteiger partial charge < -0.3 is 4.90 Å². The number of hydrogen-bond acceptors (Lipinski definition) is 7. The zero-order chi connectivity index (χ0) is 21.4. The third-order valence-electron chi connectivity index (χ3n) is 5.99. The van der Waals surface area contributed by atoms with Crippen molar-refractivity contribution in [2.45, 2.75) is 44.1 Å². The van der Waals surface area contributed by atoms with Crippen LogP contribution >= 0.6 is 34.4 Å². The van der Waals surface area contributed by atoms with Crippen molar-refractivity contribution >= 4 is 60.8 Å². The predicted molar refractivity (Wildman–Crippen MR) is 130 cm³/mol. The fourth-order valence-electron chi connectivity index (χ4n) is 4.09. The van der Waals surface area contributed by atoms with E-state index in [2.05, 4.69) is 42.0 Å². The molecule has 160 valence electrons. The smallest absolute Gasteiger partial charge is 0.223 e. The molecule has 4 heterocycles. The number of amides is 1. The molecule has 31 heavy (non-hydrogen) atoms. The third kappa shape index (κ3) is 4.21. The third-order valence-corrected chi connectivity index (χ3v) is 9.30. The van der Waals surface area contributed by atoms with Gasteiger partial charge in [0.2, 0.25) is 5.91 Å². The number of hydrogen-bond donors (Lipinski definition) is 0. The van der Waals surface area contributed by atoms with Gasteiger partial charge in [-0.3, -0.25) is 4.79 Å². The molecular weight excluding hydrogens is 444 g/mol. The number of thiophene rings is 1. The topological polar surface area (TPSA) is 59.0 Å². The first-order valence-corrected chi connectivity index (χ1v) is 13.2.